The van der Waals surface area contributed by atoms with Crippen molar-refractivity contribution < 1.29 is 19.2 Å². The number of methoxy groups -OCH3 is 1. The summed E-state index contributed by atoms with van der Waals surface area (Å²) in [5, 5.41) is 10.7. The maximum absolute atomic E-state index is 12.0. The molecule has 0 aromatic heterocycles. The zero-order valence-electron chi connectivity index (χ0n) is 12.9. The molecule has 2 aromatic rings. The summed E-state index contributed by atoms with van der Waals surface area (Å²) in [6.45, 7) is 0. The van der Waals surface area contributed by atoms with Crippen molar-refractivity contribution in [3.05, 3.63) is 73.9 Å². The predicted molar refractivity (Wildman–Crippen MR) is 94.4 cm³/mol. The maximum Gasteiger partial charge on any atom is 0.363 e. The molecule has 8 heteroatoms. The molecular weight excluding hydrogens is 392 g/mol. The third-order valence-electron chi connectivity index (χ3n) is 3.42. The second kappa shape index (κ2) is 6.86. The van der Waals surface area contributed by atoms with Gasteiger partial charge in [0.1, 0.15) is 5.75 Å². The quantitative estimate of drug-likeness (QED) is 0.336. The van der Waals surface area contributed by atoms with E-state index in [1.165, 1.54) is 24.3 Å². The average Bonchev–Trinajstić information content (AvgIpc) is 2.96. The van der Waals surface area contributed by atoms with Crippen LogP contribution in [-0.4, -0.2) is 23.9 Å². The van der Waals surface area contributed by atoms with Gasteiger partial charge in [0.05, 0.1) is 16.5 Å². The number of nitro benzene ring substituents is 1. The van der Waals surface area contributed by atoms with Gasteiger partial charge in [-0.2, -0.15) is 0 Å². The molecule has 0 N–H and O–H groups in total. The van der Waals surface area contributed by atoms with E-state index in [0.717, 1.165) is 10.0 Å². The Morgan fingerprint density at radius 3 is 2.56 bits per heavy atom. The number of ether oxygens (including phenoxy) is 2. The number of halogens is 1. The zero-order chi connectivity index (χ0) is 18.0. The Bertz CT molecular complexity index is 919. The van der Waals surface area contributed by atoms with Crippen molar-refractivity contribution in [2.24, 2.45) is 4.99 Å². The average molecular weight is 403 g/mol. The Morgan fingerprint density at radius 1 is 1.24 bits per heavy atom. The number of aliphatic imine (C=N–C) groups is 1. The zero-order valence-corrected chi connectivity index (χ0v) is 14.5. The molecule has 0 saturated carbocycles. The fraction of sp³-hybridized carbons (Fsp3) is 0.0588. The van der Waals surface area contributed by atoms with Crippen LogP contribution in [0.5, 0.6) is 5.75 Å². The van der Waals surface area contributed by atoms with Gasteiger partial charge in [-0.3, -0.25) is 10.1 Å². The van der Waals surface area contributed by atoms with E-state index in [9.17, 15) is 14.9 Å². The Balaban J connectivity index is 1.89. The largest absolute Gasteiger partial charge is 0.496 e. The second-order valence-electron chi connectivity index (χ2n) is 5.03. The van der Waals surface area contributed by atoms with E-state index in [1.54, 1.807) is 31.4 Å². The fourth-order valence-electron chi connectivity index (χ4n) is 2.19. The highest BCUT2D eigenvalue weighted by atomic mass is 79.9. The van der Waals surface area contributed by atoms with Crippen molar-refractivity contribution in [3.63, 3.8) is 0 Å². The summed E-state index contributed by atoms with van der Waals surface area (Å²) >= 11 is 3.38. The van der Waals surface area contributed by atoms with Gasteiger partial charge >= 0.3 is 5.97 Å². The summed E-state index contributed by atoms with van der Waals surface area (Å²) < 4.78 is 11.0. The predicted octanol–water partition coefficient (Wildman–Crippen LogP) is 3.71. The third-order valence-corrected chi connectivity index (χ3v) is 4.04. The topological polar surface area (TPSA) is 91.0 Å². The summed E-state index contributed by atoms with van der Waals surface area (Å²) in [6, 6.07) is 11.0. The van der Waals surface area contributed by atoms with Crippen molar-refractivity contribution in [1.29, 1.82) is 0 Å². The van der Waals surface area contributed by atoms with E-state index < -0.39 is 10.9 Å². The Kier molecular flexibility index (Phi) is 4.62. The molecule has 1 aliphatic rings. The first-order chi connectivity index (χ1) is 12.0. The van der Waals surface area contributed by atoms with Gasteiger partial charge in [0.25, 0.3) is 5.69 Å². The highest BCUT2D eigenvalue weighted by molar-refractivity contribution is 9.10. The van der Waals surface area contributed by atoms with Gasteiger partial charge in [0, 0.05) is 17.7 Å². The highest BCUT2D eigenvalue weighted by Gasteiger charge is 2.24. The molecule has 0 fully saturated rings. The van der Waals surface area contributed by atoms with Gasteiger partial charge in [0.15, 0.2) is 5.70 Å². The Morgan fingerprint density at radius 2 is 1.96 bits per heavy atom. The molecule has 0 aliphatic carbocycles. The number of hydrogen-bond acceptors (Lipinski definition) is 6. The SMILES string of the molecule is COc1ccc(/C=C2/N=C(c3ccc([N+](=O)[O-])cc3)OC2=O)cc1Br. The van der Waals surface area contributed by atoms with Crippen LogP contribution in [0.1, 0.15) is 11.1 Å². The van der Waals surface area contributed by atoms with Gasteiger partial charge in [0.2, 0.25) is 5.90 Å². The van der Waals surface area contributed by atoms with Crippen LogP contribution < -0.4 is 4.74 Å². The van der Waals surface area contributed by atoms with Gasteiger partial charge in [-0.25, -0.2) is 9.79 Å². The summed E-state index contributed by atoms with van der Waals surface area (Å²) in [5.74, 6) is 0.199. The van der Waals surface area contributed by atoms with Crippen LogP contribution in [-0.2, 0) is 9.53 Å². The van der Waals surface area contributed by atoms with E-state index in [2.05, 4.69) is 20.9 Å². The van der Waals surface area contributed by atoms with E-state index >= 15 is 0 Å². The first-order valence-corrected chi connectivity index (χ1v) is 7.88. The number of carbonyl (C=O) groups is 1. The van der Waals surface area contributed by atoms with Crippen molar-refractivity contribution in [2.75, 3.05) is 7.11 Å². The first kappa shape index (κ1) is 16.8. The molecule has 7 nitrogen and oxygen atoms in total. The third kappa shape index (κ3) is 3.58. The van der Waals surface area contributed by atoms with Crippen molar-refractivity contribution in [1.82, 2.24) is 0 Å². The van der Waals surface area contributed by atoms with Crippen LogP contribution in [0.15, 0.2) is 57.6 Å². The van der Waals surface area contributed by atoms with Gasteiger partial charge in [-0.05, 0) is 51.8 Å². The maximum atomic E-state index is 12.0. The lowest BCUT2D eigenvalue weighted by atomic mass is 10.2. The molecule has 1 heterocycles. The van der Waals surface area contributed by atoms with Crippen LogP contribution in [0.25, 0.3) is 6.08 Å². The number of nitrogens with zero attached hydrogens (tertiary/aromatic N) is 2. The van der Waals surface area contributed by atoms with Crippen molar-refractivity contribution in [3.8, 4) is 5.75 Å². The number of esters is 1. The molecular formula is C17H11BrN2O5. The lowest BCUT2D eigenvalue weighted by molar-refractivity contribution is -0.384. The number of nitro groups is 1. The minimum atomic E-state index is -0.583. The van der Waals surface area contributed by atoms with Crippen molar-refractivity contribution in [2.45, 2.75) is 0 Å². The number of non-ortho nitro benzene ring substituents is 1. The molecule has 0 radical (unpaired) electrons. The molecule has 0 amide bonds. The highest BCUT2D eigenvalue weighted by Crippen LogP contribution is 2.27. The molecule has 25 heavy (non-hydrogen) atoms. The smallest absolute Gasteiger partial charge is 0.363 e. The molecule has 0 spiro atoms. The Labute approximate surface area is 150 Å². The number of carbonyl (C=O) groups excluding carboxylic acids is 1. The number of cyclic esters (lactones) is 1. The fourth-order valence-corrected chi connectivity index (χ4v) is 2.75. The molecule has 2 aromatic carbocycles. The second-order valence-corrected chi connectivity index (χ2v) is 5.89. The van der Waals surface area contributed by atoms with Crippen molar-refractivity contribution >= 4 is 39.6 Å². The molecule has 0 saturated heterocycles. The van der Waals surface area contributed by atoms with E-state index in [-0.39, 0.29) is 17.3 Å². The molecule has 1 aliphatic heterocycles. The molecule has 0 bridgehead atoms. The monoisotopic (exact) mass is 402 g/mol. The van der Waals surface area contributed by atoms with Crippen LogP contribution in [0, 0.1) is 10.1 Å². The summed E-state index contributed by atoms with van der Waals surface area (Å²) in [4.78, 5) is 26.3. The van der Waals surface area contributed by atoms with Crippen LogP contribution in [0.2, 0.25) is 0 Å². The summed E-state index contributed by atoms with van der Waals surface area (Å²) in [7, 11) is 1.56. The summed E-state index contributed by atoms with van der Waals surface area (Å²) in [6.07, 6.45) is 1.59. The molecule has 126 valence electrons. The Hall–Kier alpha value is -3.00. The minimum absolute atomic E-state index is 0.0486. The minimum Gasteiger partial charge on any atom is -0.496 e. The number of benzene rings is 2. The van der Waals surface area contributed by atoms with E-state index in [4.69, 9.17) is 9.47 Å². The van der Waals surface area contributed by atoms with Gasteiger partial charge in [-0.1, -0.05) is 6.07 Å². The molecule has 0 unspecified atom stereocenters. The van der Waals surface area contributed by atoms with Gasteiger partial charge < -0.3 is 9.47 Å². The van der Waals surface area contributed by atoms with Crippen LogP contribution in [0.3, 0.4) is 0 Å². The molecule has 3 rings (SSSR count). The molecule has 0 atom stereocenters. The summed E-state index contributed by atoms with van der Waals surface area (Å²) in [5.41, 5.74) is 1.32. The number of rotatable bonds is 4. The standard InChI is InChI=1S/C17H11BrN2O5/c1-24-15-7-2-10(8-13(15)18)9-14-17(21)25-16(19-14)11-3-5-12(6-4-11)20(22)23/h2-9H,1H3/b14-9+. The first-order valence-electron chi connectivity index (χ1n) is 7.09. The number of hydrogen-bond donors (Lipinski definition) is 0. The van der Waals surface area contributed by atoms with Crippen LogP contribution >= 0.6 is 15.9 Å². The lowest BCUT2D eigenvalue weighted by Crippen LogP contribution is -2.05. The van der Waals surface area contributed by atoms with Crippen LogP contribution in [0.4, 0.5) is 5.69 Å². The van der Waals surface area contributed by atoms with E-state index in [0.29, 0.717) is 11.3 Å². The normalized spacial score (nSPS) is 15.0. The van der Waals surface area contributed by atoms with Gasteiger partial charge in [-0.15, -0.1) is 0 Å². The van der Waals surface area contributed by atoms with E-state index in [1.807, 2.05) is 0 Å². The lowest BCUT2D eigenvalue weighted by Gasteiger charge is -2.03.